The van der Waals surface area contributed by atoms with Crippen molar-refractivity contribution in [2.45, 2.75) is 45.3 Å². The first kappa shape index (κ1) is 26.8. The lowest BCUT2D eigenvalue weighted by molar-refractivity contribution is -0.119. The lowest BCUT2D eigenvalue weighted by Crippen LogP contribution is -2.52. The predicted molar refractivity (Wildman–Crippen MR) is 139 cm³/mol. The molecule has 2 aliphatic heterocycles. The fourth-order valence-electron chi connectivity index (χ4n) is 3.94. The zero-order valence-electron chi connectivity index (χ0n) is 19.3. The van der Waals surface area contributed by atoms with Gasteiger partial charge in [0, 0.05) is 51.4 Å². The number of guanidine groups is 1. The standard InChI is InChI=1S/C23H37N5O3.HI/c1-3-24-22(26-17-23(2,30)18-27-12-14-31-15-13-27)25-16-19-7-9-20(10-8-19)28-11-5-4-6-21(28)29;/h7-10,30H,3-6,11-18H2,1-2H3,(H2,24,25,26);1H. The number of hydrogen-bond donors (Lipinski definition) is 3. The van der Waals surface area contributed by atoms with Crippen LogP contribution in [-0.4, -0.2) is 80.0 Å². The summed E-state index contributed by atoms with van der Waals surface area (Å²) in [6, 6.07) is 8.06. The molecule has 1 unspecified atom stereocenters. The van der Waals surface area contributed by atoms with Gasteiger partial charge in [-0.3, -0.25) is 9.69 Å². The maximum absolute atomic E-state index is 12.1. The van der Waals surface area contributed by atoms with E-state index < -0.39 is 5.60 Å². The highest BCUT2D eigenvalue weighted by Crippen LogP contribution is 2.21. The molecule has 3 rings (SSSR count). The summed E-state index contributed by atoms with van der Waals surface area (Å²) in [6.07, 6.45) is 2.69. The second kappa shape index (κ2) is 13.3. The number of benzene rings is 1. The van der Waals surface area contributed by atoms with Gasteiger partial charge in [-0.15, -0.1) is 24.0 Å². The van der Waals surface area contributed by atoms with E-state index in [1.54, 1.807) is 0 Å². The van der Waals surface area contributed by atoms with E-state index in [4.69, 9.17) is 4.74 Å². The lowest BCUT2D eigenvalue weighted by Gasteiger charge is -2.34. The normalized spacial score (nSPS) is 19.8. The molecule has 32 heavy (non-hydrogen) atoms. The number of aliphatic imine (C=N–C) groups is 1. The smallest absolute Gasteiger partial charge is 0.226 e. The Morgan fingerprint density at radius 1 is 1.16 bits per heavy atom. The molecule has 1 atom stereocenters. The van der Waals surface area contributed by atoms with Crippen molar-refractivity contribution >= 4 is 41.5 Å². The molecule has 0 aliphatic carbocycles. The van der Waals surface area contributed by atoms with Crippen LogP contribution in [0.15, 0.2) is 29.3 Å². The van der Waals surface area contributed by atoms with Crippen LogP contribution in [0.25, 0.3) is 0 Å². The van der Waals surface area contributed by atoms with Crippen molar-refractivity contribution in [1.29, 1.82) is 0 Å². The number of nitrogens with one attached hydrogen (secondary N) is 2. The molecule has 0 saturated carbocycles. The summed E-state index contributed by atoms with van der Waals surface area (Å²) in [4.78, 5) is 20.9. The van der Waals surface area contributed by atoms with Crippen LogP contribution < -0.4 is 15.5 Å². The van der Waals surface area contributed by atoms with E-state index >= 15 is 0 Å². The van der Waals surface area contributed by atoms with Crippen LogP contribution in [-0.2, 0) is 16.1 Å². The number of rotatable bonds is 8. The van der Waals surface area contributed by atoms with Crippen LogP contribution in [0.2, 0.25) is 0 Å². The second-order valence-corrected chi connectivity index (χ2v) is 8.60. The number of halogens is 1. The molecule has 0 aromatic heterocycles. The molecule has 1 aromatic rings. The fourth-order valence-corrected chi connectivity index (χ4v) is 3.94. The quantitative estimate of drug-likeness (QED) is 0.257. The number of nitrogens with zero attached hydrogens (tertiary/aromatic N) is 3. The van der Waals surface area contributed by atoms with Crippen molar-refractivity contribution in [3.05, 3.63) is 29.8 Å². The van der Waals surface area contributed by atoms with Crippen LogP contribution in [0.1, 0.15) is 38.7 Å². The van der Waals surface area contributed by atoms with Gasteiger partial charge in [-0.2, -0.15) is 0 Å². The van der Waals surface area contributed by atoms with Crippen molar-refractivity contribution < 1.29 is 14.6 Å². The van der Waals surface area contributed by atoms with Crippen LogP contribution >= 0.6 is 24.0 Å². The first-order valence-corrected chi connectivity index (χ1v) is 11.4. The molecule has 2 fully saturated rings. The molecule has 1 aromatic carbocycles. The Morgan fingerprint density at radius 3 is 2.53 bits per heavy atom. The minimum atomic E-state index is -0.865. The Morgan fingerprint density at radius 2 is 1.88 bits per heavy atom. The highest BCUT2D eigenvalue weighted by molar-refractivity contribution is 14.0. The van der Waals surface area contributed by atoms with E-state index in [9.17, 15) is 9.90 Å². The van der Waals surface area contributed by atoms with Crippen molar-refractivity contribution in [3.8, 4) is 0 Å². The summed E-state index contributed by atoms with van der Waals surface area (Å²) in [7, 11) is 0. The summed E-state index contributed by atoms with van der Waals surface area (Å²) >= 11 is 0. The Balaban J connectivity index is 0.00000363. The molecular weight excluding hydrogens is 521 g/mol. The van der Waals surface area contributed by atoms with Gasteiger partial charge in [-0.1, -0.05) is 12.1 Å². The molecule has 2 aliphatic rings. The number of hydrogen-bond acceptors (Lipinski definition) is 5. The summed E-state index contributed by atoms with van der Waals surface area (Å²) in [6.45, 7) is 10.1. The van der Waals surface area contributed by atoms with Gasteiger partial charge in [0.05, 0.1) is 25.4 Å². The first-order valence-electron chi connectivity index (χ1n) is 11.4. The number of carbonyl (C=O) groups is 1. The van der Waals surface area contributed by atoms with Gasteiger partial charge in [0.25, 0.3) is 0 Å². The monoisotopic (exact) mass is 559 g/mol. The number of amides is 1. The Labute approximate surface area is 208 Å². The largest absolute Gasteiger partial charge is 0.387 e. The summed E-state index contributed by atoms with van der Waals surface area (Å²) in [5.41, 5.74) is 1.17. The number of β-amino-alcohol motifs (C(OH)–C–C–N with tert-alkyl or cyclic N) is 1. The minimum absolute atomic E-state index is 0. The molecule has 3 N–H and O–H groups in total. The Hall–Kier alpha value is -1.43. The lowest BCUT2D eigenvalue weighted by atomic mass is 10.1. The van der Waals surface area contributed by atoms with Crippen LogP contribution in [0.3, 0.4) is 0 Å². The maximum atomic E-state index is 12.1. The molecule has 0 spiro atoms. The summed E-state index contributed by atoms with van der Waals surface area (Å²) in [5, 5.41) is 17.3. The third kappa shape index (κ3) is 8.49. The van der Waals surface area contributed by atoms with Gasteiger partial charge in [0.2, 0.25) is 5.91 Å². The number of anilines is 1. The molecule has 9 heteroatoms. The van der Waals surface area contributed by atoms with Crippen molar-refractivity contribution in [1.82, 2.24) is 15.5 Å². The van der Waals surface area contributed by atoms with Crippen molar-refractivity contribution in [2.75, 3.05) is 57.4 Å². The van der Waals surface area contributed by atoms with Crippen molar-refractivity contribution in [2.24, 2.45) is 4.99 Å². The molecule has 0 radical (unpaired) electrons. The minimum Gasteiger partial charge on any atom is -0.387 e. The number of morpholine rings is 1. The summed E-state index contributed by atoms with van der Waals surface area (Å²) in [5.74, 6) is 0.889. The zero-order chi connectivity index (χ0) is 22.1. The third-order valence-electron chi connectivity index (χ3n) is 5.64. The number of carbonyl (C=O) groups excluding carboxylic acids is 1. The predicted octanol–water partition coefficient (Wildman–Crippen LogP) is 1.96. The number of piperidine rings is 1. The SMILES string of the molecule is CCNC(=NCc1ccc(N2CCCCC2=O)cc1)NCC(C)(O)CN1CCOCC1.I. The maximum Gasteiger partial charge on any atom is 0.226 e. The summed E-state index contributed by atoms with van der Waals surface area (Å²) < 4.78 is 5.38. The van der Waals surface area contributed by atoms with E-state index in [0.29, 0.717) is 32.0 Å². The van der Waals surface area contributed by atoms with Gasteiger partial charge < -0.3 is 25.4 Å². The van der Waals surface area contributed by atoms with Gasteiger partial charge in [-0.25, -0.2) is 4.99 Å². The van der Waals surface area contributed by atoms with Gasteiger partial charge in [-0.05, 0) is 44.4 Å². The Bertz CT molecular complexity index is 736. The molecule has 2 heterocycles. The highest BCUT2D eigenvalue weighted by atomic mass is 127. The van der Waals surface area contributed by atoms with Crippen molar-refractivity contribution in [3.63, 3.8) is 0 Å². The topological polar surface area (TPSA) is 89.4 Å². The fraction of sp³-hybridized carbons (Fsp3) is 0.652. The average Bonchev–Trinajstić information content (AvgIpc) is 2.77. The third-order valence-corrected chi connectivity index (χ3v) is 5.64. The first-order chi connectivity index (χ1) is 15.0. The molecule has 0 bridgehead atoms. The van der Waals surface area contributed by atoms with Gasteiger partial charge >= 0.3 is 0 Å². The van der Waals surface area contributed by atoms with E-state index in [1.165, 1.54) is 0 Å². The number of aliphatic hydroxyl groups is 1. The van der Waals surface area contributed by atoms with E-state index in [2.05, 4.69) is 20.5 Å². The molecular formula is C23H38IN5O3. The van der Waals surface area contributed by atoms with E-state index in [0.717, 1.165) is 63.5 Å². The molecule has 180 valence electrons. The van der Waals surface area contributed by atoms with E-state index in [-0.39, 0.29) is 29.9 Å². The number of ether oxygens (including phenoxy) is 1. The zero-order valence-corrected chi connectivity index (χ0v) is 21.6. The van der Waals surface area contributed by atoms with Crippen LogP contribution in [0.5, 0.6) is 0 Å². The van der Waals surface area contributed by atoms with E-state index in [1.807, 2.05) is 43.0 Å². The Kier molecular flexibility index (Phi) is 11.2. The average molecular weight is 559 g/mol. The van der Waals surface area contributed by atoms with Crippen LogP contribution in [0, 0.1) is 0 Å². The second-order valence-electron chi connectivity index (χ2n) is 8.60. The van der Waals surface area contributed by atoms with Crippen LogP contribution in [0.4, 0.5) is 5.69 Å². The van der Waals surface area contributed by atoms with Gasteiger partial charge in [0.15, 0.2) is 5.96 Å². The molecule has 1 amide bonds. The van der Waals surface area contributed by atoms with Gasteiger partial charge in [0.1, 0.15) is 0 Å². The highest BCUT2D eigenvalue weighted by Gasteiger charge is 2.25. The molecule has 2 saturated heterocycles. The molecule has 8 nitrogen and oxygen atoms in total.